The Kier molecular flexibility index (Phi) is 6.41. The van der Waals surface area contributed by atoms with Crippen LogP contribution in [0.1, 0.15) is 24.0 Å². The number of rotatable bonds is 6. The largest absolute Gasteiger partial charge is 0.479 e. The van der Waals surface area contributed by atoms with Crippen LogP contribution in [0.25, 0.3) is 11.1 Å². The molecule has 0 radical (unpaired) electrons. The fraction of sp³-hybridized carbons (Fsp3) is 0.375. The number of hydrogen-bond acceptors (Lipinski definition) is 5. The second kappa shape index (κ2) is 9.40. The van der Waals surface area contributed by atoms with Gasteiger partial charge in [0.25, 0.3) is 0 Å². The van der Waals surface area contributed by atoms with Crippen molar-refractivity contribution in [2.75, 3.05) is 32.8 Å². The number of benzene rings is 2. The fourth-order valence-electron chi connectivity index (χ4n) is 4.28. The van der Waals surface area contributed by atoms with Gasteiger partial charge in [-0.2, -0.15) is 0 Å². The van der Waals surface area contributed by atoms with E-state index in [1.807, 2.05) is 24.3 Å². The molecule has 8 heteroatoms. The van der Waals surface area contributed by atoms with Gasteiger partial charge in [0.05, 0.1) is 19.1 Å². The van der Waals surface area contributed by atoms with Crippen LogP contribution in [-0.2, 0) is 19.1 Å². The first-order chi connectivity index (χ1) is 15.5. The predicted octanol–water partition coefficient (Wildman–Crippen LogP) is 2.47. The van der Waals surface area contributed by atoms with Crippen LogP contribution in [0.4, 0.5) is 4.79 Å². The Balaban J connectivity index is 1.29. The monoisotopic (exact) mass is 438 g/mol. The molecule has 2 aliphatic rings. The van der Waals surface area contributed by atoms with Gasteiger partial charge < -0.3 is 24.8 Å². The quantitative estimate of drug-likeness (QED) is 0.718. The number of hydrogen-bond donors (Lipinski definition) is 2. The molecule has 2 unspecified atom stereocenters. The van der Waals surface area contributed by atoms with Gasteiger partial charge >= 0.3 is 12.1 Å². The number of nitrogens with one attached hydrogen (secondary N) is 1. The average molecular weight is 438 g/mol. The SMILES string of the molecule is CC(CNC(=O)OCC1c2ccccc2-c2ccccc21)C(=O)N1CCOC(C(=O)O)C1. The second-order valence-corrected chi connectivity index (χ2v) is 8.09. The van der Waals surface area contributed by atoms with Gasteiger partial charge in [-0.05, 0) is 22.3 Å². The minimum absolute atomic E-state index is 0.00342. The summed E-state index contributed by atoms with van der Waals surface area (Å²) >= 11 is 0. The zero-order chi connectivity index (χ0) is 22.7. The second-order valence-electron chi connectivity index (χ2n) is 8.09. The maximum absolute atomic E-state index is 12.6. The molecular formula is C24H26N2O6. The standard InChI is InChI=1S/C24H26N2O6/c1-15(22(27)26-10-11-31-21(13-26)23(28)29)12-25-24(30)32-14-20-18-8-4-2-6-16(18)17-7-3-5-9-19(17)20/h2-9,15,20-21H,10-14H2,1H3,(H,25,30)(H,28,29). The Morgan fingerprint density at radius 1 is 1.12 bits per heavy atom. The summed E-state index contributed by atoms with van der Waals surface area (Å²) in [5.41, 5.74) is 4.57. The average Bonchev–Trinajstić information content (AvgIpc) is 3.14. The molecule has 0 aromatic heterocycles. The van der Waals surface area contributed by atoms with Gasteiger partial charge in [-0.25, -0.2) is 9.59 Å². The van der Waals surface area contributed by atoms with Gasteiger partial charge in [0, 0.05) is 19.0 Å². The van der Waals surface area contributed by atoms with E-state index in [-0.39, 0.29) is 38.1 Å². The van der Waals surface area contributed by atoms with Crippen LogP contribution in [-0.4, -0.2) is 66.9 Å². The number of alkyl carbamates (subject to hydrolysis) is 1. The van der Waals surface area contributed by atoms with Gasteiger partial charge in [0.1, 0.15) is 6.61 Å². The molecule has 2 aromatic carbocycles. The minimum Gasteiger partial charge on any atom is -0.479 e. The number of ether oxygens (including phenoxy) is 2. The Labute approximate surface area is 186 Å². The van der Waals surface area contributed by atoms with Gasteiger partial charge in [-0.3, -0.25) is 4.79 Å². The van der Waals surface area contributed by atoms with E-state index in [1.54, 1.807) is 6.92 Å². The van der Waals surface area contributed by atoms with Crippen molar-refractivity contribution >= 4 is 18.0 Å². The summed E-state index contributed by atoms with van der Waals surface area (Å²) in [5.74, 6) is -1.86. The van der Waals surface area contributed by atoms with E-state index >= 15 is 0 Å². The van der Waals surface area contributed by atoms with E-state index in [0.717, 1.165) is 22.3 Å². The number of carbonyl (C=O) groups excluding carboxylic acids is 2. The smallest absolute Gasteiger partial charge is 0.407 e. The van der Waals surface area contributed by atoms with E-state index in [1.165, 1.54) is 4.90 Å². The van der Waals surface area contributed by atoms with E-state index in [4.69, 9.17) is 14.6 Å². The summed E-state index contributed by atoms with van der Waals surface area (Å²) in [7, 11) is 0. The lowest BCUT2D eigenvalue weighted by Gasteiger charge is -2.32. The van der Waals surface area contributed by atoms with E-state index in [0.29, 0.717) is 6.54 Å². The van der Waals surface area contributed by atoms with E-state index < -0.39 is 24.1 Å². The maximum Gasteiger partial charge on any atom is 0.407 e. The Morgan fingerprint density at radius 3 is 2.38 bits per heavy atom. The Morgan fingerprint density at radius 2 is 1.75 bits per heavy atom. The number of carboxylic acid groups (broad SMARTS) is 1. The van der Waals surface area contributed by atoms with Crippen LogP contribution in [0.15, 0.2) is 48.5 Å². The number of carboxylic acids is 1. The molecule has 1 fully saturated rings. The first-order valence-electron chi connectivity index (χ1n) is 10.7. The van der Waals surface area contributed by atoms with E-state index in [2.05, 4.69) is 29.6 Å². The first-order valence-corrected chi connectivity index (χ1v) is 10.7. The molecule has 0 spiro atoms. The minimum atomic E-state index is -1.09. The lowest BCUT2D eigenvalue weighted by atomic mass is 9.98. The van der Waals surface area contributed by atoms with Crippen molar-refractivity contribution in [3.05, 3.63) is 59.7 Å². The zero-order valence-corrected chi connectivity index (χ0v) is 17.8. The lowest BCUT2D eigenvalue weighted by Crippen LogP contribution is -2.51. The number of morpholine rings is 1. The van der Waals surface area contributed by atoms with Crippen LogP contribution in [0, 0.1) is 5.92 Å². The van der Waals surface area contributed by atoms with Gasteiger partial charge in [-0.15, -0.1) is 0 Å². The molecule has 32 heavy (non-hydrogen) atoms. The van der Waals surface area contributed by atoms with Crippen molar-refractivity contribution in [2.45, 2.75) is 18.9 Å². The number of aliphatic carboxylic acids is 1. The fourth-order valence-corrected chi connectivity index (χ4v) is 4.28. The normalized spacial score (nSPS) is 18.4. The van der Waals surface area contributed by atoms with Crippen molar-refractivity contribution in [2.24, 2.45) is 5.92 Å². The van der Waals surface area contributed by atoms with Crippen LogP contribution >= 0.6 is 0 Å². The molecule has 2 aromatic rings. The molecule has 2 amide bonds. The predicted molar refractivity (Wildman–Crippen MR) is 116 cm³/mol. The molecule has 4 rings (SSSR count). The summed E-state index contributed by atoms with van der Waals surface area (Å²) in [6, 6.07) is 16.2. The highest BCUT2D eigenvalue weighted by atomic mass is 16.5. The summed E-state index contributed by atoms with van der Waals surface area (Å²) in [6.07, 6.45) is -1.60. The number of fused-ring (bicyclic) bond motifs is 3. The molecule has 1 saturated heterocycles. The highest BCUT2D eigenvalue weighted by Crippen LogP contribution is 2.44. The topological polar surface area (TPSA) is 105 Å². The van der Waals surface area contributed by atoms with Crippen molar-refractivity contribution in [3.63, 3.8) is 0 Å². The van der Waals surface area contributed by atoms with Crippen molar-refractivity contribution in [1.29, 1.82) is 0 Å². The molecule has 1 heterocycles. The van der Waals surface area contributed by atoms with Crippen LogP contribution in [0.5, 0.6) is 0 Å². The summed E-state index contributed by atoms with van der Waals surface area (Å²) in [5, 5.41) is 11.7. The zero-order valence-electron chi connectivity index (χ0n) is 17.8. The third kappa shape index (κ3) is 4.45. The van der Waals surface area contributed by atoms with Crippen LogP contribution in [0.2, 0.25) is 0 Å². The molecule has 1 aliphatic heterocycles. The van der Waals surface area contributed by atoms with Crippen molar-refractivity contribution in [1.82, 2.24) is 10.2 Å². The van der Waals surface area contributed by atoms with Crippen LogP contribution < -0.4 is 5.32 Å². The van der Waals surface area contributed by atoms with Crippen LogP contribution in [0.3, 0.4) is 0 Å². The number of nitrogens with zero attached hydrogens (tertiary/aromatic N) is 1. The molecule has 8 nitrogen and oxygen atoms in total. The highest BCUT2D eigenvalue weighted by molar-refractivity contribution is 5.81. The molecule has 0 saturated carbocycles. The van der Waals surface area contributed by atoms with Gasteiger partial charge in [-0.1, -0.05) is 55.5 Å². The van der Waals surface area contributed by atoms with E-state index in [9.17, 15) is 14.4 Å². The highest BCUT2D eigenvalue weighted by Gasteiger charge is 2.32. The lowest BCUT2D eigenvalue weighted by molar-refractivity contribution is -0.160. The molecule has 0 bridgehead atoms. The van der Waals surface area contributed by atoms with Gasteiger partial charge in [0.2, 0.25) is 5.91 Å². The Hall–Kier alpha value is -3.39. The molecule has 168 valence electrons. The summed E-state index contributed by atoms with van der Waals surface area (Å²) < 4.78 is 10.6. The number of amides is 2. The first kappa shape index (κ1) is 21.8. The van der Waals surface area contributed by atoms with Crippen molar-refractivity contribution in [3.8, 4) is 11.1 Å². The Bertz CT molecular complexity index is 978. The van der Waals surface area contributed by atoms with Crippen molar-refractivity contribution < 1.29 is 29.0 Å². The third-order valence-corrected chi connectivity index (χ3v) is 5.97. The molecule has 1 aliphatic carbocycles. The molecular weight excluding hydrogens is 412 g/mol. The third-order valence-electron chi connectivity index (χ3n) is 5.97. The van der Waals surface area contributed by atoms with Gasteiger partial charge in [0.15, 0.2) is 6.10 Å². The molecule has 2 atom stereocenters. The molecule has 2 N–H and O–H groups in total. The maximum atomic E-state index is 12.6. The number of carbonyl (C=O) groups is 3. The summed E-state index contributed by atoms with van der Waals surface area (Å²) in [6.45, 7) is 2.50. The summed E-state index contributed by atoms with van der Waals surface area (Å²) in [4.78, 5) is 37.5.